The van der Waals surface area contributed by atoms with Crippen LogP contribution in [0, 0.1) is 10.1 Å². The number of nitro groups is 1. The Kier molecular flexibility index (Phi) is 4.89. The predicted molar refractivity (Wildman–Crippen MR) is 99.3 cm³/mol. The quantitative estimate of drug-likeness (QED) is 0.543. The SMILES string of the molecule is Cn1c(-c2cccc([N+](=O)[O-])c2)cnc1NCC=Cc1ccccc1. The molecular formula is C19H18N4O2. The Bertz CT molecular complexity index is 901. The van der Waals surface area contributed by atoms with Gasteiger partial charge in [0.1, 0.15) is 0 Å². The number of nitro benzene ring substituents is 1. The summed E-state index contributed by atoms with van der Waals surface area (Å²) in [4.78, 5) is 14.9. The van der Waals surface area contributed by atoms with Crippen molar-refractivity contribution in [3.63, 3.8) is 0 Å². The predicted octanol–water partition coefficient (Wildman–Crippen LogP) is 4.12. The van der Waals surface area contributed by atoms with Crippen LogP contribution in [-0.4, -0.2) is 21.0 Å². The van der Waals surface area contributed by atoms with Crippen LogP contribution in [0.5, 0.6) is 0 Å². The van der Waals surface area contributed by atoms with Crippen molar-refractivity contribution in [2.24, 2.45) is 7.05 Å². The Morgan fingerprint density at radius 3 is 2.76 bits per heavy atom. The van der Waals surface area contributed by atoms with E-state index in [9.17, 15) is 10.1 Å². The molecule has 0 aliphatic carbocycles. The molecule has 0 radical (unpaired) electrons. The van der Waals surface area contributed by atoms with Crippen molar-refractivity contribution >= 4 is 17.7 Å². The van der Waals surface area contributed by atoms with Gasteiger partial charge >= 0.3 is 0 Å². The number of nitrogens with zero attached hydrogens (tertiary/aromatic N) is 3. The van der Waals surface area contributed by atoms with Gasteiger partial charge in [0.25, 0.3) is 5.69 Å². The van der Waals surface area contributed by atoms with E-state index in [0.29, 0.717) is 12.5 Å². The van der Waals surface area contributed by atoms with Crippen LogP contribution in [0.1, 0.15) is 5.56 Å². The van der Waals surface area contributed by atoms with Gasteiger partial charge in [0.15, 0.2) is 0 Å². The molecule has 0 spiro atoms. The smallest absolute Gasteiger partial charge is 0.270 e. The monoisotopic (exact) mass is 334 g/mol. The first-order valence-electron chi connectivity index (χ1n) is 7.87. The fraction of sp³-hybridized carbons (Fsp3) is 0.105. The molecule has 1 heterocycles. The normalized spacial score (nSPS) is 10.9. The molecule has 0 atom stereocenters. The highest BCUT2D eigenvalue weighted by molar-refractivity contribution is 5.64. The van der Waals surface area contributed by atoms with Crippen molar-refractivity contribution in [1.82, 2.24) is 9.55 Å². The minimum Gasteiger partial charge on any atom is -0.352 e. The van der Waals surface area contributed by atoms with Crippen molar-refractivity contribution < 1.29 is 4.92 Å². The largest absolute Gasteiger partial charge is 0.352 e. The molecule has 3 rings (SSSR count). The summed E-state index contributed by atoms with van der Waals surface area (Å²) in [5, 5.41) is 14.2. The van der Waals surface area contributed by atoms with Crippen LogP contribution in [0.4, 0.5) is 11.6 Å². The van der Waals surface area contributed by atoms with Crippen LogP contribution in [0.3, 0.4) is 0 Å². The van der Waals surface area contributed by atoms with Gasteiger partial charge in [-0.05, 0) is 5.56 Å². The molecule has 3 aromatic rings. The highest BCUT2D eigenvalue weighted by atomic mass is 16.6. The average Bonchev–Trinajstić information content (AvgIpc) is 3.00. The Morgan fingerprint density at radius 1 is 1.20 bits per heavy atom. The van der Waals surface area contributed by atoms with E-state index >= 15 is 0 Å². The molecule has 0 saturated heterocycles. The zero-order valence-electron chi connectivity index (χ0n) is 13.8. The van der Waals surface area contributed by atoms with E-state index in [-0.39, 0.29) is 5.69 Å². The standard InChI is InChI=1S/C19H18N4O2/c1-22-18(16-10-5-11-17(13-16)23(24)25)14-21-19(22)20-12-6-9-15-7-3-2-4-8-15/h2-11,13-14H,12H2,1H3,(H,20,21). The number of hydrogen-bond acceptors (Lipinski definition) is 4. The number of benzene rings is 2. The van der Waals surface area contributed by atoms with Crippen LogP contribution < -0.4 is 5.32 Å². The van der Waals surface area contributed by atoms with E-state index < -0.39 is 4.92 Å². The third kappa shape index (κ3) is 3.92. The molecule has 0 amide bonds. The number of aromatic nitrogens is 2. The summed E-state index contributed by atoms with van der Waals surface area (Å²) in [6.07, 6.45) is 5.77. The zero-order valence-corrected chi connectivity index (χ0v) is 13.8. The molecule has 0 unspecified atom stereocenters. The number of anilines is 1. The average molecular weight is 334 g/mol. The van der Waals surface area contributed by atoms with Crippen molar-refractivity contribution in [2.75, 3.05) is 11.9 Å². The van der Waals surface area contributed by atoms with E-state index in [1.807, 2.05) is 60.2 Å². The van der Waals surface area contributed by atoms with Gasteiger partial charge in [0.05, 0.1) is 16.8 Å². The molecule has 0 aliphatic heterocycles. The molecule has 6 nitrogen and oxygen atoms in total. The van der Waals surface area contributed by atoms with Gasteiger partial charge in [-0.3, -0.25) is 10.1 Å². The summed E-state index contributed by atoms with van der Waals surface area (Å²) < 4.78 is 1.88. The molecule has 1 N–H and O–H groups in total. The molecule has 6 heteroatoms. The number of imidazole rings is 1. The Balaban J connectivity index is 1.70. The summed E-state index contributed by atoms with van der Waals surface area (Å²) in [5.74, 6) is 0.708. The first kappa shape index (κ1) is 16.4. The molecule has 0 aliphatic rings. The zero-order chi connectivity index (χ0) is 17.6. The summed E-state index contributed by atoms with van der Waals surface area (Å²) in [6.45, 7) is 0.633. The van der Waals surface area contributed by atoms with Gasteiger partial charge in [-0.1, -0.05) is 54.6 Å². The van der Waals surface area contributed by atoms with Crippen molar-refractivity contribution in [1.29, 1.82) is 0 Å². The minimum atomic E-state index is -0.395. The number of hydrogen-bond donors (Lipinski definition) is 1. The van der Waals surface area contributed by atoms with E-state index in [4.69, 9.17) is 0 Å². The van der Waals surface area contributed by atoms with Crippen LogP contribution in [0.25, 0.3) is 17.3 Å². The second-order valence-electron chi connectivity index (χ2n) is 5.53. The summed E-state index contributed by atoms with van der Waals surface area (Å²) in [6, 6.07) is 16.6. The van der Waals surface area contributed by atoms with Crippen LogP contribution in [-0.2, 0) is 7.05 Å². The van der Waals surface area contributed by atoms with E-state index in [1.54, 1.807) is 18.3 Å². The van der Waals surface area contributed by atoms with E-state index in [2.05, 4.69) is 10.3 Å². The second-order valence-corrected chi connectivity index (χ2v) is 5.53. The molecule has 0 saturated carbocycles. The van der Waals surface area contributed by atoms with Gasteiger partial charge in [-0.25, -0.2) is 4.98 Å². The van der Waals surface area contributed by atoms with Crippen molar-refractivity contribution in [2.45, 2.75) is 0 Å². The molecule has 2 aromatic carbocycles. The highest BCUT2D eigenvalue weighted by Gasteiger charge is 2.11. The van der Waals surface area contributed by atoms with E-state index in [1.165, 1.54) is 6.07 Å². The van der Waals surface area contributed by atoms with Crippen molar-refractivity contribution in [3.05, 3.63) is 82.5 Å². The second kappa shape index (κ2) is 7.44. The third-order valence-electron chi connectivity index (χ3n) is 3.83. The first-order chi connectivity index (χ1) is 12.1. The van der Waals surface area contributed by atoms with Gasteiger partial charge in [-0.15, -0.1) is 0 Å². The first-order valence-corrected chi connectivity index (χ1v) is 7.87. The highest BCUT2D eigenvalue weighted by Crippen LogP contribution is 2.25. The van der Waals surface area contributed by atoms with Crippen molar-refractivity contribution in [3.8, 4) is 11.3 Å². The molecule has 0 bridgehead atoms. The lowest BCUT2D eigenvalue weighted by atomic mass is 10.1. The third-order valence-corrected chi connectivity index (χ3v) is 3.83. The Hall–Kier alpha value is -3.41. The molecular weight excluding hydrogens is 316 g/mol. The van der Waals surface area contributed by atoms with Crippen LogP contribution >= 0.6 is 0 Å². The van der Waals surface area contributed by atoms with Gasteiger partial charge in [0, 0.05) is 31.3 Å². The Morgan fingerprint density at radius 2 is 2.00 bits per heavy atom. The maximum absolute atomic E-state index is 10.9. The lowest BCUT2D eigenvalue weighted by molar-refractivity contribution is -0.384. The lowest BCUT2D eigenvalue weighted by Gasteiger charge is -2.07. The van der Waals surface area contributed by atoms with Gasteiger partial charge in [0.2, 0.25) is 5.95 Å². The van der Waals surface area contributed by atoms with Gasteiger partial charge < -0.3 is 9.88 Å². The number of nitrogens with one attached hydrogen (secondary N) is 1. The summed E-state index contributed by atoms with van der Waals surface area (Å²) in [7, 11) is 1.88. The summed E-state index contributed by atoms with van der Waals surface area (Å²) >= 11 is 0. The maximum atomic E-state index is 10.9. The number of non-ortho nitro benzene ring substituents is 1. The summed E-state index contributed by atoms with van der Waals surface area (Å²) in [5.41, 5.74) is 2.79. The van der Waals surface area contributed by atoms with Gasteiger partial charge in [-0.2, -0.15) is 0 Å². The fourth-order valence-corrected chi connectivity index (χ4v) is 2.53. The molecule has 1 aromatic heterocycles. The minimum absolute atomic E-state index is 0.0685. The Labute approximate surface area is 145 Å². The molecule has 25 heavy (non-hydrogen) atoms. The van der Waals surface area contributed by atoms with Crippen LogP contribution in [0.15, 0.2) is 66.9 Å². The molecule has 0 fully saturated rings. The van der Waals surface area contributed by atoms with E-state index in [0.717, 1.165) is 16.8 Å². The topological polar surface area (TPSA) is 73.0 Å². The fourth-order valence-electron chi connectivity index (χ4n) is 2.53. The van der Waals surface area contributed by atoms with Crippen LogP contribution in [0.2, 0.25) is 0 Å². The number of rotatable bonds is 6. The lowest BCUT2D eigenvalue weighted by Crippen LogP contribution is -2.05. The maximum Gasteiger partial charge on any atom is 0.270 e. The molecule has 126 valence electrons.